The number of hydrogen-bond acceptors (Lipinski definition) is 7. The lowest BCUT2D eigenvalue weighted by atomic mass is 10.0. The fraction of sp³-hybridized carbons (Fsp3) is 0.231. The minimum absolute atomic E-state index is 0.0906. The van der Waals surface area contributed by atoms with E-state index in [2.05, 4.69) is 41.9 Å². The average molecular weight is 378 g/mol. The van der Waals surface area contributed by atoms with Crippen molar-refractivity contribution in [1.29, 1.82) is 5.26 Å². The van der Waals surface area contributed by atoms with Gasteiger partial charge in [-0.25, -0.2) is 0 Å². The predicted molar refractivity (Wildman–Crippen MR) is 86.3 cm³/mol. The molecule has 0 saturated carbocycles. The highest BCUT2D eigenvalue weighted by Crippen LogP contribution is 2.36. The Kier molecular flexibility index (Phi) is 5.02. The molecular weight excluding hydrogens is 366 g/mol. The number of nitriles is 1. The Balaban J connectivity index is 2.43. The molecule has 0 saturated heterocycles. The van der Waals surface area contributed by atoms with Crippen LogP contribution < -0.4 is 5.32 Å². The number of anilines is 1. The smallest absolute Gasteiger partial charge is 0.294 e. The van der Waals surface area contributed by atoms with E-state index in [-0.39, 0.29) is 28.7 Å². The van der Waals surface area contributed by atoms with Crippen molar-refractivity contribution in [1.82, 2.24) is 20.6 Å². The third-order valence-electron chi connectivity index (χ3n) is 3.02. The molecule has 0 atom stereocenters. The van der Waals surface area contributed by atoms with Gasteiger partial charge in [0.2, 0.25) is 5.82 Å². The van der Waals surface area contributed by atoms with Crippen molar-refractivity contribution >= 4 is 32.9 Å². The Hall–Kier alpha value is -2.80. The minimum Gasteiger partial charge on any atom is -0.354 e. The van der Waals surface area contributed by atoms with Gasteiger partial charge in [-0.1, -0.05) is 13.8 Å². The van der Waals surface area contributed by atoms with E-state index in [9.17, 15) is 10.1 Å². The Morgan fingerprint density at radius 2 is 2.30 bits per heavy atom. The molecule has 1 heterocycles. The standard InChI is InChI=1S/C13H12BrN7O2/c1-7(2)8-3-10(14)12(11(4-8)21(22)23)16-6-9(5-15)13-17-19-20-18-13/h3-4,6-7,16H,1-2H3,(H,17,18,19,20). The molecule has 2 N–H and O–H groups in total. The van der Waals surface area contributed by atoms with Crippen LogP contribution in [0.4, 0.5) is 11.4 Å². The predicted octanol–water partition coefficient (Wildman–Crippen LogP) is 2.97. The topological polar surface area (TPSA) is 133 Å². The molecule has 0 radical (unpaired) electrons. The fourth-order valence-electron chi connectivity index (χ4n) is 1.80. The Morgan fingerprint density at radius 3 is 2.83 bits per heavy atom. The average Bonchev–Trinajstić information content (AvgIpc) is 3.02. The van der Waals surface area contributed by atoms with Crippen LogP contribution in [0.3, 0.4) is 0 Å². The van der Waals surface area contributed by atoms with Gasteiger partial charge < -0.3 is 5.32 Å². The Labute approximate surface area is 139 Å². The summed E-state index contributed by atoms with van der Waals surface area (Å²) in [4.78, 5) is 10.8. The number of benzene rings is 1. The molecule has 0 amide bonds. The molecule has 1 aromatic heterocycles. The lowest BCUT2D eigenvalue weighted by Crippen LogP contribution is -2.01. The van der Waals surface area contributed by atoms with E-state index in [1.807, 2.05) is 19.9 Å². The molecule has 0 fully saturated rings. The SMILES string of the molecule is CC(C)c1cc(Br)c(NC=C(C#N)c2nn[nH]n2)c([N+](=O)[O-])c1. The number of aromatic amines is 1. The number of nitro benzene ring substituents is 1. The summed E-state index contributed by atoms with van der Waals surface area (Å²) >= 11 is 3.33. The molecule has 23 heavy (non-hydrogen) atoms. The second kappa shape index (κ2) is 6.97. The summed E-state index contributed by atoms with van der Waals surface area (Å²) in [6.07, 6.45) is 1.30. The number of nitrogens with one attached hydrogen (secondary N) is 2. The highest BCUT2D eigenvalue weighted by molar-refractivity contribution is 9.10. The molecule has 0 bridgehead atoms. The van der Waals surface area contributed by atoms with Gasteiger partial charge in [0.15, 0.2) is 0 Å². The van der Waals surface area contributed by atoms with Crippen LogP contribution in [0.2, 0.25) is 0 Å². The molecule has 0 unspecified atom stereocenters. The largest absolute Gasteiger partial charge is 0.354 e. The molecule has 0 spiro atoms. The third-order valence-corrected chi connectivity index (χ3v) is 3.65. The highest BCUT2D eigenvalue weighted by Gasteiger charge is 2.19. The molecule has 2 rings (SSSR count). The van der Waals surface area contributed by atoms with Crippen molar-refractivity contribution in [2.45, 2.75) is 19.8 Å². The van der Waals surface area contributed by atoms with E-state index in [1.54, 1.807) is 6.07 Å². The van der Waals surface area contributed by atoms with Crippen LogP contribution in [0.1, 0.15) is 31.2 Å². The number of halogens is 1. The monoisotopic (exact) mass is 377 g/mol. The molecule has 2 aromatic rings. The summed E-state index contributed by atoms with van der Waals surface area (Å²) in [6.45, 7) is 3.89. The number of H-pyrrole nitrogens is 1. The first-order valence-electron chi connectivity index (χ1n) is 6.52. The van der Waals surface area contributed by atoms with E-state index in [0.717, 1.165) is 5.56 Å². The fourth-order valence-corrected chi connectivity index (χ4v) is 2.38. The van der Waals surface area contributed by atoms with E-state index < -0.39 is 4.92 Å². The van der Waals surface area contributed by atoms with Crippen LogP contribution in [0.15, 0.2) is 22.8 Å². The third kappa shape index (κ3) is 3.70. The molecule has 10 heteroatoms. The first-order valence-corrected chi connectivity index (χ1v) is 7.31. The number of allylic oxidation sites excluding steroid dienone is 1. The molecule has 1 aromatic carbocycles. The zero-order valence-corrected chi connectivity index (χ0v) is 13.8. The van der Waals surface area contributed by atoms with Crippen molar-refractivity contribution in [2.24, 2.45) is 0 Å². The minimum atomic E-state index is -0.479. The first-order chi connectivity index (χ1) is 10.9. The number of nitrogens with zero attached hydrogens (tertiary/aromatic N) is 5. The highest BCUT2D eigenvalue weighted by atomic mass is 79.9. The van der Waals surface area contributed by atoms with E-state index in [1.165, 1.54) is 12.3 Å². The second-order valence-corrected chi connectivity index (χ2v) is 5.71. The maximum atomic E-state index is 11.3. The normalized spacial score (nSPS) is 11.3. The number of hydrogen-bond donors (Lipinski definition) is 2. The summed E-state index contributed by atoms with van der Waals surface area (Å²) < 4.78 is 0.525. The number of rotatable bonds is 5. The van der Waals surface area contributed by atoms with Gasteiger partial charge in [0.25, 0.3) is 5.69 Å². The molecule has 0 aliphatic carbocycles. The molecule has 0 aliphatic heterocycles. The van der Waals surface area contributed by atoms with Gasteiger partial charge in [0, 0.05) is 16.7 Å². The van der Waals surface area contributed by atoms with Gasteiger partial charge in [-0.3, -0.25) is 10.1 Å². The molecule has 0 aliphatic rings. The molecular formula is C13H12BrN7O2. The molecule has 9 nitrogen and oxygen atoms in total. The van der Waals surface area contributed by atoms with Gasteiger partial charge in [-0.2, -0.15) is 10.5 Å². The van der Waals surface area contributed by atoms with Crippen LogP contribution in [0.25, 0.3) is 5.57 Å². The van der Waals surface area contributed by atoms with Crippen molar-refractivity contribution in [3.63, 3.8) is 0 Å². The molecule has 118 valence electrons. The van der Waals surface area contributed by atoms with Crippen LogP contribution in [0, 0.1) is 21.4 Å². The quantitative estimate of drug-likeness (QED) is 0.464. The van der Waals surface area contributed by atoms with Gasteiger partial charge in [-0.05, 0) is 38.7 Å². The van der Waals surface area contributed by atoms with E-state index >= 15 is 0 Å². The van der Waals surface area contributed by atoms with Crippen molar-refractivity contribution in [2.75, 3.05) is 5.32 Å². The van der Waals surface area contributed by atoms with Crippen molar-refractivity contribution in [3.8, 4) is 6.07 Å². The number of aromatic nitrogens is 4. The summed E-state index contributed by atoms with van der Waals surface area (Å²) in [6, 6.07) is 5.21. The summed E-state index contributed by atoms with van der Waals surface area (Å²) in [5, 5.41) is 36.2. The Bertz CT molecular complexity index is 793. The van der Waals surface area contributed by atoms with E-state index in [0.29, 0.717) is 4.47 Å². The van der Waals surface area contributed by atoms with Gasteiger partial charge in [-0.15, -0.1) is 10.2 Å². The summed E-state index contributed by atoms with van der Waals surface area (Å²) in [5.41, 5.74) is 1.07. The first kappa shape index (κ1) is 16.6. The maximum Gasteiger partial charge on any atom is 0.294 e. The lowest BCUT2D eigenvalue weighted by Gasteiger charge is -2.11. The summed E-state index contributed by atoms with van der Waals surface area (Å²) in [5.74, 6) is 0.237. The van der Waals surface area contributed by atoms with Crippen LogP contribution in [-0.4, -0.2) is 25.5 Å². The van der Waals surface area contributed by atoms with Gasteiger partial charge >= 0.3 is 0 Å². The van der Waals surface area contributed by atoms with Crippen molar-refractivity contribution in [3.05, 3.63) is 44.3 Å². The van der Waals surface area contributed by atoms with Gasteiger partial charge in [0.1, 0.15) is 17.3 Å². The van der Waals surface area contributed by atoms with E-state index in [4.69, 9.17) is 5.26 Å². The Morgan fingerprint density at radius 1 is 1.57 bits per heavy atom. The summed E-state index contributed by atoms with van der Waals surface area (Å²) in [7, 11) is 0. The maximum absolute atomic E-state index is 11.3. The van der Waals surface area contributed by atoms with Gasteiger partial charge in [0.05, 0.1) is 4.92 Å². The number of tetrazole rings is 1. The van der Waals surface area contributed by atoms with Crippen LogP contribution in [-0.2, 0) is 0 Å². The zero-order chi connectivity index (χ0) is 17.0. The lowest BCUT2D eigenvalue weighted by molar-refractivity contribution is -0.384. The zero-order valence-electron chi connectivity index (χ0n) is 12.2. The van der Waals surface area contributed by atoms with Crippen molar-refractivity contribution < 1.29 is 4.92 Å². The number of nitro groups is 1. The van der Waals surface area contributed by atoms with Crippen LogP contribution >= 0.6 is 15.9 Å². The van der Waals surface area contributed by atoms with Crippen LogP contribution in [0.5, 0.6) is 0 Å². The second-order valence-electron chi connectivity index (χ2n) is 4.86.